The Morgan fingerprint density at radius 1 is 1.45 bits per heavy atom. The van der Waals surface area contributed by atoms with E-state index >= 15 is 0 Å². The van der Waals surface area contributed by atoms with Crippen molar-refractivity contribution in [3.63, 3.8) is 0 Å². The lowest BCUT2D eigenvalue weighted by atomic mass is 10.1. The molecule has 0 fully saturated rings. The maximum Gasteiger partial charge on any atom is 0.305 e. The average Bonchev–Trinajstić information content (AvgIpc) is 2.46. The van der Waals surface area contributed by atoms with Crippen molar-refractivity contribution in [2.75, 3.05) is 18.0 Å². The number of carboxylic acid groups (broad SMARTS) is 1. The summed E-state index contributed by atoms with van der Waals surface area (Å²) >= 11 is 0. The second kappa shape index (κ2) is 6.02. The van der Waals surface area contributed by atoms with Gasteiger partial charge in [-0.25, -0.2) is 4.98 Å². The lowest BCUT2D eigenvalue weighted by molar-refractivity contribution is -0.136. The SMILES string of the molecule is CCN(CCC(=O)O)c1nc2ccccc2cc1C#N. The molecule has 2 rings (SSSR count). The van der Waals surface area contributed by atoms with Crippen LogP contribution in [0, 0.1) is 11.3 Å². The van der Waals surface area contributed by atoms with E-state index in [4.69, 9.17) is 5.11 Å². The standard InChI is InChI=1S/C15H15N3O2/c1-2-18(8-7-14(19)20)15-12(10-16)9-11-5-3-4-6-13(11)17-15/h3-6,9H,2,7-8H2,1H3,(H,19,20). The molecule has 20 heavy (non-hydrogen) atoms. The molecular formula is C15H15N3O2. The Hall–Kier alpha value is -2.61. The van der Waals surface area contributed by atoms with Crippen LogP contribution in [0.15, 0.2) is 30.3 Å². The van der Waals surface area contributed by atoms with Crippen LogP contribution in [-0.4, -0.2) is 29.1 Å². The van der Waals surface area contributed by atoms with E-state index in [0.717, 1.165) is 10.9 Å². The highest BCUT2D eigenvalue weighted by molar-refractivity contribution is 5.83. The number of nitriles is 1. The molecule has 102 valence electrons. The fraction of sp³-hybridized carbons (Fsp3) is 0.267. The minimum atomic E-state index is -0.859. The molecule has 2 aromatic rings. The maximum absolute atomic E-state index is 10.7. The minimum absolute atomic E-state index is 0.0210. The number of fused-ring (bicyclic) bond motifs is 1. The molecule has 0 aliphatic carbocycles. The molecule has 0 unspecified atom stereocenters. The molecule has 0 saturated heterocycles. The monoisotopic (exact) mass is 269 g/mol. The Bertz CT molecular complexity index is 676. The molecule has 0 aliphatic heterocycles. The zero-order chi connectivity index (χ0) is 14.5. The van der Waals surface area contributed by atoms with Gasteiger partial charge in [0.2, 0.25) is 0 Å². The smallest absolute Gasteiger partial charge is 0.305 e. The third kappa shape index (κ3) is 2.86. The molecule has 0 aliphatic rings. The molecule has 0 bridgehead atoms. The Kier molecular flexibility index (Phi) is 4.16. The molecule has 0 atom stereocenters. The number of para-hydroxylation sites is 1. The van der Waals surface area contributed by atoms with Crippen LogP contribution in [0.5, 0.6) is 0 Å². The molecule has 1 aromatic heterocycles. The van der Waals surface area contributed by atoms with Crippen LogP contribution in [-0.2, 0) is 4.79 Å². The number of rotatable bonds is 5. The number of hydrogen-bond acceptors (Lipinski definition) is 4. The Morgan fingerprint density at radius 3 is 2.85 bits per heavy atom. The first-order valence-corrected chi connectivity index (χ1v) is 6.42. The van der Waals surface area contributed by atoms with Crippen molar-refractivity contribution in [2.45, 2.75) is 13.3 Å². The first kappa shape index (κ1) is 13.8. The van der Waals surface area contributed by atoms with Crippen molar-refractivity contribution >= 4 is 22.7 Å². The van der Waals surface area contributed by atoms with Gasteiger partial charge in [-0.1, -0.05) is 18.2 Å². The number of aromatic nitrogens is 1. The van der Waals surface area contributed by atoms with E-state index in [1.165, 1.54) is 0 Å². The summed E-state index contributed by atoms with van der Waals surface area (Å²) < 4.78 is 0. The van der Waals surface area contributed by atoms with Gasteiger partial charge in [-0.15, -0.1) is 0 Å². The zero-order valence-corrected chi connectivity index (χ0v) is 11.2. The number of pyridine rings is 1. The van der Waals surface area contributed by atoms with Crippen LogP contribution in [0.3, 0.4) is 0 Å². The average molecular weight is 269 g/mol. The predicted octanol–water partition coefficient (Wildman–Crippen LogP) is 2.41. The van der Waals surface area contributed by atoms with Gasteiger partial charge in [0.15, 0.2) is 0 Å². The molecule has 1 N–H and O–H groups in total. The Morgan fingerprint density at radius 2 is 2.20 bits per heavy atom. The van der Waals surface area contributed by atoms with Gasteiger partial charge < -0.3 is 10.0 Å². The molecule has 0 amide bonds. The van der Waals surface area contributed by atoms with Crippen molar-refractivity contribution in [3.05, 3.63) is 35.9 Å². The van der Waals surface area contributed by atoms with Crippen LogP contribution in [0.25, 0.3) is 10.9 Å². The van der Waals surface area contributed by atoms with E-state index in [0.29, 0.717) is 24.5 Å². The summed E-state index contributed by atoms with van der Waals surface area (Å²) in [4.78, 5) is 17.0. The number of carboxylic acids is 1. The topological polar surface area (TPSA) is 77.2 Å². The molecule has 0 radical (unpaired) electrons. The van der Waals surface area contributed by atoms with Crippen molar-refractivity contribution in [1.29, 1.82) is 5.26 Å². The van der Waals surface area contributed by atoms with Gasteiger partial charge in [-0.2, -0.15) is 5.26 Å². The van der Waals surface area contributed by atoms with E-state index in [-0.39, 0.29) is 6.42 Å². The molecule has 0 saturated carbocycles. The van der Waals surface area contributed by atoms with E-state index in [1.54, 1.807) is 6.07 Å². The quantitative estimate of drug-likeness (QED) is 0.901. The summed E-state index contributed by atoms with van der Waals surface area (Å²) in [5, 5.41) is 19.0. The summed E-state index contributed by atoms with van der Waals surface area (Å²) in [5.74, 6) is -0.308. The molecule has 5 nitrogen and oxygen atoms in total. The van der Waals surface area contributed by atoms with Crippen LogP contribution in [0.4, 0.5) is 5.82 Å². The highest BCUT2D eigenvalue weighted by Crippen LogP contribution is 2.23. The van der Waals surface area contributed by atoms with Crippen molar-refractivity contribution < 1.29 is 9.90 Å². The van der Waals surface area contributed by atoms with E-state index in [9.17, 15) is 10.1 Å². The summed E-state index contributed by atoms with van der Waals surface area (Å²) in [5.41, 5.74) is 1.27. The van der Waals surface area contributed by atoms with Gasteiger partial charge in [0.1, 0.15) is 11.9 Å². The lowest BCUT2D eigenvalue weighted by Crippen LogP contribution is -2.27. The number of nitrogens with zero attached hydrogens (tertiary/aromatic N) is 3. The van der Waals surface area contributed by atoms with Crippen molar-refractivity contribution in [1.82, 2.24) is 4.98 Å². The fourth-order valence-corrected chi connectivity index (χ4v) is 2.07. The van der Waals surface area contributed by atoms with E-state index in [2.05, 4.69) is 11.1 Å². The number of hydrogen-bond donors (Lipinski definition) is 1. The van der Waals surface area contributed by atoms with Gasteiger partial charge in [0.05, 0.1) is 17.5 Å². The molecule has 1 heterocycles. The first-order chi connectivity index (χ1) is 9.65. The number of carbonyl (C=O) groups is 1. The first-order valence-electron chi connectivity index (χ1n) is 6.42. The third-order valence-electron chi connectivity index (χ3n) is 3.10. The second-order valence-corrected chi connectivity index (χ2v) is 4.39. The molecular weight excluding hydrogens is 254 g/mol. The van der Waals surface area contributed by atoms with Crippen LogP contribution in [0.2, 0.25) is 0 Å². The Labute approximate surface area is 117 Å². The van der Waals surface area contributed by atoms with Crippen molar-refractivity contribution in [3.8, 4) is 6.07 Å². The fourth-order valence-electron chi connectivity index (χ4n) is 2.07. The summed E-state index contributed by atoms with van der Waals surface area (Å²) in [7, 11) is 0. The predicted molar refractivity (Wildman–Crippen MR) is 76.6 cm³/mol. The number of benzene rings is 1. The maximum atomic E-state index is 10.7. The molecule has 0 spiro atoms. The van der Waals surface area contributed by atoms with E-state index in [1.807, 2.05) is 36.1 Å². The zero-order valence-electron chi connectivity index (χ0n) is 11.2. The van der Waals surface area contributed by atoms with Crippen molar-refractivity contribution in [2.24, 2.45) is 0 Å². The summed E-state index contributed by atoms with van der Waals surface area (Å²) in [6.45, 7) is 2.86. The van der Waals surface area contributed by atoms with E-state index < -0.39 is 5.97 Å². The summed E-state index contributed by atoms with van der Waals surface area (Å²) in [6, 6.07) is 11.5. The van der Waals surface area contributed by atoms with Gasteiger partial charge in [0.25, 0.3) is 0 Å². The number of aliphatic carboxylic acids is 1. The highest BCUT2D eigenvalue weighted by Gasteiger charge is 2.14. The normalized spacial score (nSPS) is 10.2. The van der Waals surface area contributed by atoms with Gasteiger partial charge in [-0.3, -0.25) is 4.79 Å². The largest absolute Gasteiger partial charge is 0.481 e. The lowest BCUT2D eigenvalue weighted by Gasteiger charge is -2.22. The van der Waals surface area contributed by atoms with Gasteiger partial charge in [-0.05, 0) is 19.1 Å². The second-order valence-electron chi connectivity index (χ2n) is 4.39. The van der Waals surface area contributed by atoms with Crippen LogP contribution >= 0.6 is 0 Å². The third-order valence-corrected chi connectivity index (χ3v) is 3.10. The highest BCUT2D eigenvalue weighted by atomic mass is 16.4. The van der Waals surface area contributed by atoms with Crippen LogP contribution in [0.1, 0.15) is 18.9 Å². The number of anilines is 1. The van der Waals surface area contributed by atoms with Crippen LogP contribution < -0.4 is 4.90 Å². The Balaban J connectivity index is 2.45. The molecule has 1 aromatic carbocycles. The molecule has 5 heteroatoms. The van der Waals surface area contributed by atoms with Gasteiger partial charge >= 0.3 is 5.97 Å². The minimum Gasteiger partial charge on any atom is -0.481 e. The summed E-state index contributed by atoms with van der Waals surface area (Å²) in [6.07, 6.45) is 0.0210. The van der Waals surface area contributed by atoms with Gasteiger partial charge in [0, 0.05) is 18.5 Å².